The molecule has 1 saturated heterocycles. The topological polar surface area (TPSA) is 71.8 Å². The van der Waals surface area contributed by atoms with Crippen LogP contribution in [0.2, 0.25) is 0 Å². The first-order chi connectivity index (χ1) is 18.5. The van der Waals surface area contributed by atoms with Crippen LogP contribution in [-0.2, 0) is 0 Å². The van der Waals surface area contributed by atoms with Crippen LogP contribution in [-0.4, -0.2) is 43.0 Å². The van der Waals surface area contributed by atoms with Crippen molar-refractivity contribution in [3.05, 3.63) is 77.6 Å². The lowest BCUT2D eigenvalue weighted by Crippen LogP contribution is -2.42. The van der Waals surface area contributed by atoms with E-state index in [1.165, 1.54) is 48.3 Å². The Morgan fingerprint density at radius 2 is 1.59 bits per heavy atom. The van der Waals surface area contributed by atoms with E-state index in [0.29, 0.717) is 11.5 Å². The third-order valence-electron chi connectivity index (χ3n) is 6.52. The van der Waals surface area contributed by atoms with Gasteiger partial charge in [0.15, 0.2) is 0 Å². The van der Waals surface area contributed by atoms with Crippen molar-refractivity contribution in [1.82, 2.24) is 10.2 Å². The Balaban J connectivity index is 1.56. The van der Waals surface area contributed by atoms with Crippen LogP contribution in [0.25, 0.3) is 33.2 Å². The molecule has 0 saturated carbocycles. The van der Waals surface area contributed by atoms with Crippen molar-refractivity contribution in [2.45, 2.75) is 18.8 Å². The second-order valence-corrected chi connectivity index (χ2v) is 9.11. The van der Waals surface area contributed by atoms with Crippen molar-refractivity contribution in [3.8, 4) is 28.2 Å². The summed E-state index contributed by atoms with van der Waals surface area (Å²) in [5, 5.41) is 2.60. The zero-order valence-corrected chi connectivity index (χ0v) is 20.5. The molecule has 0 spiro atoms. The van der Waals surface area contributed by atoms with Crippen molar-refractivity contribution in [2.75, 3.05) is 20.1 Å². The molecule has 6 nitrogen and oxygen atoms in total. The van der Waals surface area contributed by atoms with Crippen molar-refractivity contribution in [1.29, 1.82) is 0 Å². The monoisotopic (exact) mass is 544 g/mol. The van der Waals surface area contributed by atoms with Gasteiger partial charge in [-0.1, -0.05) is 6.07 Å². The second-order valence-electron chi connectivity index (χ2n) is 9.11. The summed E-state index contributed by atoms with van der Waals surface area (Å²) in [4.78, 5) is 25.7. The number of likely N-dealkylation sites (tertiary alicyclic amines) is 1. The summed E-state index contributed by atoms with van der Waals surface area (Å²) in [7, 11) is 1.35. The van der Waals surface area contributed by atoms with Gasteiger partial charge < -0.3 is 19.4 Å². The normalized spacial score (nSPS) is 14.9. The van der Waals surface area contributed by atoms with E-state index in [1.807, 2.05) is 0 Å². The lowest BCUT2D eigenvalue weighted by Gasteiger charge is -2.31. The standard InChI is InChI=1S/C28H21F5N2O4/c1-34-27(37)39-24-13-17-10-16(11-21(25(17)38-24)20-5-3-18(29)14-23(20)31)19-4-2-15(12-22(19)30)26(36)35-8-6-28(32,33)7-9-35/h2-5,10-14H,6-9H2,1H3,(H,34,37). The average Bonchev–Trinajstić information content (AvgIpc) is 3.30. The molecule has 39 heavy (non-hydrogen) atoms. The maximum atomic E-state index is 15.4. The summed E-state index contributed by atoms with van der Waals surface area (Å²) in [6.45, 7) is -0.279. The van der Waals surface area contributed by atoms with E-state index in [-0.39, 0.29) is 52.4 Å². The SMILES string of the molecule is CNC(=O)Oc1cc2cc(-c3ccc(C(=O)N4CCC(F)(F)CC4)cc3F)cc(-c3ccc(F)cc3F)c2o1. The number of alkyl halides is 2. The Bertz CT molecular complexity index is 1590. The molecule has 202 valence electrons. The number of carbonyl (C=O) groups excluding carboxylic acids is 2. The van der Waals surface area contributed by atoms with Gasteiger partial charge in [-0.05, 0) is 42.0 Å². The molecule has 0 unspecified atom stereocenters. The van der Waals surface area contributed by atoms with Gasteiger partial charge in [0.1, 0.15) is 23.0 Å². The number of piperidine rings is 1. The van der Waals surface area contributed by atoms with Crippen LogP contribution in [0.4, 0.5) is 26.7 Å². The van der Waals surface area contributed by atoms with E-state index in [1.54, 1.807) is 0 Å². The van der Waals surface area contributed by atoms with Crippen LogP contribution in [0.3, 0.4) is 0 Å². The number of benzene rings is 3. The summed E-state index contributed by atoms with van der Waals surface area (Å²) < 4.78 is 81.3. The number of furan rings is 1. The molecule has 1 N–H and O–H groups in total. The molecule has 2 amide bonds. The van der Waals surface area contributed by atoms with Crippen LogP contribution in [0.5, 0.6) is 5.95 Å². The van der Waals surface area contributed by atoms with E-state index < -0.39 is 48.2 Å². The summed E-state index contributed by atoms with van der Waals surface area (Å²) in [5.74, 6) is -6.07. The average molecular weight is 544 g/mol. The van der Waals surface area contributed by atoms with Gasteiger partial charge in [0.2, 0.25) is 0 Å². The Kier molecular flexibility index (Phi) is 6.75. The van der Waals surface area contributed by atoms with Crippen molar-refractivity contribution < 1.29 is 40.7 Å². The van der Waals surface area contributed by atoms with Crippen LogP contribution in [0.1, 0.15) is 23.2 Å². The number of hydrogen-bond donors (Lipinski definition) is 1. The van der Waals surface area contributed by atoms with Crippen molar-refractivity contribution in [2.24, 2.45) is 0 Å². The number of nitrogens with one attached hydrogen (secondary N) is 1. The van der Waals surface area contributed by atoms with Gasteiger partial charge in [-0.15, -0.1) is 0 Å². The molecule has 11 heteroatoms. The summed E-state index contributed by atoms with van der Waals surface area (Å²) in [5.41, 5.74) is 0.521. The molecular weight excluding hydrogens is 523 g/mol. The van der Waals surface area contributed by atoms with E-state index >= 15 is 4.39 Å². The Labute approximate surface area is 219 Å². The molecule has 4 aromatic rings. The van der Waals surface area contributed by atoms with E-state index in [0.717, 1.165) is 12.1 Å². The molecule has 2 heterocycles. The van der Waals surface area contributed by atoms with Crippen LogP contribution in [0.15, 0.2) is 59.0 Å². The molecule has 0 atom stereocenters. The molecule has 3 aromatic carbocycles. The van der Waals surface area contributed by atoms with Crippen LogP contribution >= 0.6 is 0 Å². The molecular formula is C28H21F5N2O4. The molecule has 1 fully saturated rings. The number of carbonyl (C=O) groups is 2. The Hall–Kier alpha value is -4.41. The van der Waals surface area contributed by atoms with Crippen molar-refractivity contribution >= 4 is 23.0 Å². The molecule has 1 aromatic heterocycles. The third-order valence-corrected chi connectivity index (χ3v) is 6.52. The predicted octanol–water partition coefficient (Wildman–Crippen LogP) is 6.77. The first kappa shape index (κ1) is 26.2. The quantitative estimate of drug-likeness (QED) is 0.288. The molecule has 1 aliphatic rings. The van der Waals surface area contributed by atoms with E-state index in [2.05, 4.69) is 5.32 Å². The number of nitrogens with zero attached hydrogens (tertiary/aromatic N) is 1. The van der Waals surface area contributed by atoms with Crippen LogP contribution < -0.4 is 10.1 Å². The highest BCUT2D eigenvalue weighted by Gasteiger charge is 2.36. The van der Waals surface area contributed by atoms with Crippen LogP contribution in [0, 0.1) is 17.5 Å². The number of halogens is 5. The highest BCUT2D eigenvalue weighted by Crippen LogP contribution is 2.39. The Morgan fingerprint density at radius 3 is 2.26 bits per heavy atom. The molecule has 1 aliphatic heterocycles. The van der Waals surface area contributed by atoms with Gasteiger partial charge in [0.25, 0.3) is 17.8 Å². The molecule has 0 radical (unpaired) electrons. The molecule has 0 bridgehead atoms. The van der Waals surface area contributed by atoms with Gasteiger partial charge in [-0.25, -0.2) is 26.7 Å². The predicted molar refractivity (Wildman–Crippen MR) is 132 cm³/mol. The smallest absolute Gasteiger partial charge is 0.414 e. The van der Waals surface area contributed by atoms with Gasteiger partial charge in [0.05, 0.1) is 0 Å². The Morgan fingerprint density at radius 1 is 0.897 bits per heavy atom. The summed E-state index contributed by atoms with van der Waals surface area (Å²) >= 11 is 0. The number of rotatable bonds is 4. The number of ether oxygens (including phenoxy) is 1. The summed E-state index contributed by atoms with van der Waals surface area (Å²) in [6, 6.07) is 11.0. The largest absolute Gasteiger partial charge is 0.425 e. The first-order valence-electron chi connectivity index (χ1n) is 11.9. The van der Waals surface area contributed by atoms with Gasteiger partial charge in [-0.2, -0.15) is 0 Å². The highest BCUT2D eigenvalue weighted by molar-refractivity contribution is 5.98. The first-order valence-corrected chi connectivity index (χ1v) is 11.9. The lowest BCUT2D eigenvalue weighted by atomic mass is 9.95. The number of amides is 2. The fourth-order valence-electron chi connectivity index (χ4n) is 4.49. The molecule has 0 aliphatic carbocycles. The fourth-order valence-corrected chi connectivity index (χ4v) is 4.49. The maximum absolute atomic E-state index is 15.4. The zero-order valence-electron chi connectivity index (χ0n) is 20.5. The fraction of sp³-hybridized carbons (Fsp3) is 0.214. The maximum Gasteiger partial charge on any atom is 0.414 e. The third kappa shape index (κ3) is 5.29. The number of hydrogen-bond acceptors (Lipinski definition) is 4. The van der Waals surface area contributed by atoms with Gasteiger partial charge >= 0.3 is 6.09 Å². The van der Waals surface area contributed by atoms with E-state index in [9.17, 15) is 27.2 Å². The minimum absolute atomic E-state index is 0.00285. The minimum Gasteiger partial charge on any atom is -0.425 e. The zero-order chi connectivity index (χ0) is 27.9. The summed E-state index contributed by atoms with van der Waals surface area (Å²) in [6.07, 6.45) is -1.73. The highest BCUT2D eigenvalue weighted by atomic mass is 19.3. The minimum atomic E-state index is -2.83. The van der Waals surface area contributed by atoms with E-state index in [4.69, 9.17) is 9.15 Å². The number of fused-ring (bicyclic) bond motifs is 1. The van der Waals surface area contributed by atoms with Gasteiger partial charge in [0, 0.05) is 72.8 Å². The lowest BCUT2D eigenvalue weighted by molar-refractivity contribution is -0.0494. The second kappa shape index (κ2) is 10.0. The van der Waals surface area contributed by atoms with Gasteiger partial charge in [-0.3, -0.25) is 4.79 Å². The molecule has 5 rings (SSSR count). The van der Waals surface area contributed by atoms with Crippen molar-refractivity contribution in [3.63, 3.8) is 0 Å².